The molecule has 1 saturated carbocycles. The van der Waals surface area contributed by atoms with Crippen LogP contribution in [0, 0.1) is 5.92 Å². The standard InChI is InChI=1S/C9H15N3O/c10-9-11-8(13-12-9)6-7-4-2-1-3-5-7/h7H,1-6H2,(H2,10,12). The van der Waals surface area contributed by atoms with Crippen molar-refractivity contribution in [3.05, 3.63) is 5.89 Å². The Bertz CT molecular complexity index is 266. The van der Waals surface area contributed by atoms with Crippen molar-refractivity contribution in [1.29, 1.82) is 0 Å². The maximum atomic E-state index is 5.37. The molecule has 13 heavy (non-hydrogen) atoms. The Morgan fingerprint density at radius 1 is 1.31 bits per heavy atom. The average Bonchev–Trinajstić information content (AvgIpc) is 2.53. The third kappa shape index (κ3) is 2.20. The van der Waals surface area contributed by atoms with Crippen LogP contribution in [0.15, 0.2) is 4.52 Å². The van der Waals surface area contributed by atoms with E-state index in [1.54, 1.807) is 0 Å². The molecule has 1 aromatic rings. The number of nitrogens with two attached hydrogens (primary N) is 1. The van der Waals surface area contributed by atoms with Gasteiger partial charge in [-0.1, -0.05) is 19.3 Å². The third-order valence-corrected chi connectivity index (χ3v) is 2.67. The lowest BCUT2D eigenvalue weighted by molar-refractivity contribution is 0.305. The van der Waals surface area contributed by atoms with Crippen LogP contribution < -0.4 is 5.73 Å². The topological polar surface area (TPSA) is 64.9 Å². The molecule has 0 aliphatic heterocycles. The molecule has 2 rings (SSSR count). The van der Waals surface area contributed by atoms with Crippen molar-refractivity contribution in [2.24, 2.45) is 5.92 Å². The predicted octanol–water partition coefficient (Wildman–Crippen LogP) is 1.77. The van der Waals surface area contributed by atoms with E-state index in [1.807, 2.05) is 0 Å². The lowest BCUT2D eigenvalue weighted by Gasteiger charge is -2.19. The third-order valence-electron chi connectivity index (χ3n) is 2.67. The number of nitrogens with zero attached hydrogens (tertiary/aromatic N) is 2. The van der Waals surface area contributed by atoms with Crippen LogP contribution in [0.3, 0.4) is 0 Å². The van der Waals surface area contributed by atoms with E-state index in [4.69, 9.17) is 10.3 Å². The molecule has 1 aliphatic carbocycles. The van der Waals surface area contributed by atoms with Crippen LogP contribution in [0.1, 0.15) is 38.0 Å². The van der Waals surface area contributed by atoms with E-state index in [2.05, 4.69) is 10.1 Å². The molecule has 0 spiro atoms. The molecule has 0 unspecified atom stereocenters. The van der Waals surface area contributed by atoms with Crippen molar-refractivity contribution < 1.29 is 4.52 Å². The summed E-state index contributed by atoms with van der Waals surface area (Å²) in [4.78, 5) is 4.00. The highest BCUT2D eigenvalue weighted by molar-refractivity contribution is 5.10. The summed E-state index contributed by atoms with van der Waals surface area (Å²) in [6, 6.07) is 0. The van der Waals surface area contributed by atoms with Crippen LogP contribution in [0.4, 0.5) is 5.95 Å². The van der Waals surface area contributed by atoms with Crippen molar-refractivity contribution in [3.63, 3.8) is 0 Å². The predicted molar refractivity (Wildman–Crippen MR) is 49.0 cm³/mol. The molecule has 4 nitrogen and oxygen atoms in total. The first-order valence-corrected chi connectivity index (χ1v) is 4.92. The van der Waals surface area contributed by atoms with E-state index in [0.717, 1.165) is 12.3 Å². The van der Waals surface area contributed by atoms with Gasteiger partial charge in [0.05, 0.1) is 0 Å². The van der Waals surface area contributed by atoms with Crippen molar-refractivity contribution in [2.75, 3.05) is 5.73 Å². The lowest BCUT2D eigenvalue weighted by Crippen LogP contribution is -2.09. The van der Waals surface area contributed by atoms with E-state index in [-0.39, 0.29) is 5.95 Å². The molecule has 2 N–H and O–H groups in total. The maximum Gasteiger partial charge on any atom is 0.260 e. The number of rotatable bonds is 2. The van der Waals surface area contributed by atoms with Crippen molar-refractivity contribution in [2.45, 2.75) is 38.5 Å². The zero-order chi connectivity index (χ0) is 9.10. The molecule has 1 fully saturated rings. The Labute approximate surface area is 77.5 Å². The normalized spacial score (nSPS) is 19.1. The van der Waals surface area contributed by atoms with Gasteiger partial charge in [0.25, 0.3) is 5.95 Å². The average molecular weight is 181 g/mol. The Morgan fingerprint density at radius 2 is 2.08 bits per heavy atom. The van der Waals surface area contributed by atoms with Gasteiger partial charge in [-0.15, -0.1) is 0 Å². The summed E-state index contributed by atoms with van der Waals surface area (Å²) in [5.41, 5.74) is 5.37. The number of hydrogen-bond donors (Lipinski definition) is 1. The van der Waals surface area contributed by atoms with Gasteiger partial charge >= 0.3 is 0 Å². The molecule has 1 aromatic heterocycles. The smallest absolute Gasteiger partial charge is 0.260 e. The van der Waals surface area contributed by atoms with Crippen LogP contribution in [0.25, 0.3) is 0 Å². The molecule has 4 heteroatoms. The molecule has 0 bridgehead atoms. The zero-order valence-electron chi connectivity index (χ0n) is 7.70. The summed E-state index contributed by atoms with van der Waals surface area (Å²) in [5.74, 6) is 1.68. The molecule has 0 amide bonds. The Kier molecular flexibility index (Phi) is 2.47. The number of aromatic nitrogens is 2. The van der Waals surface area contributed by atoms with Crippen LogP contribution >= 0.6 is 0 Å². The summed E-state index contributed by atoms with van der Waals surface area (Å²) in [5, 5.41) is 3.57. The summed E-state index contributed by atoms with van der Waals surface area (Å²) in [7, 11) is 0. The van der Waals surface area contributed by atoms with E-state index >= 15 is 0 Å². The Morgan fingerprint density at radius 3 is 2.69 bits per heavy atom. The quantitative estimate of drug-likeness (QED) is 0.755. The van der Waals surface area contributed by atoms with Crippen molar-refractivity contribution in [1.82, 2.24) is 10.1 Å². The minimum absolute atomic E-state index is 0.255. The van der Waals surface area contributed by atoms with E-state index in [1.165, 1.54) is 32.1 Å². The lowest BCUT2D eigenvalue weighted by atomic mass is 9.87. The second kappa shape index (κ2) is 3.77. The van der Waals surface area contributed by atoms with E-state index < -0.39 is 0 Å². The highest BCUT2D eigenvalue weighted by Gasteiger charge is 2.16. The molecule has 1 heterocycles. The van der Waals surface area contributed by atoms with Gasteiger partial charge in [-0.25, -0.2) is 0 Å². The Hall–Kier alpha value is -1.06. The fourth-order valence-corrected chi connectivity index (χ4v) is 1.99. The zero-order valence-corrected chi connectivity index (χ0v) is 7.70. The number of anilines is 1. The van der Waals surface area contributed by atoms with Crippen molar-refractivity contribution in [3.8, 4) is 0 Å². The monoisotopic (exact) mass is 181 g/mol. The second-order valence-electron chi connectivity index (χ2n) is 3.75. The summed E-state index contributed by atoms with van der Waals surface area (Å²) >= 11 is 0. The molecule has 0 atom stereocenters. The first-order valence-electron chi connectivity index (χ1n) is 4.92. The van der Waals surface area contributed by atoms with Gasteiger partial charge in [0.1, 0.15) is 0 Å². The second-order valence-corrected chi connectivity index (χ2v) is 3.75. The van der Waals surface area contributed by atoms with Crippen molar-refractivity contribution >= 4 is 5.95 Å². The molecule has 72 valence electrons. The highest BCUT2D eigenvalue weighted by atomic mass is 16.5. The van der Waals surface area contributed by atoms with Crippen LogP contribution in [-0.4, -0.2) is 10.1 Å². The molecule has 0 aromatic carbocycles. The SMILES string of the molecule is Nc1noc(CC2CCCCC2)n1. The minimum Gasteiger partial charge on any atom is -0.365 e. The summed E-state index contributed by atoms with van der Waals surface area (Å²) in [6.45, 7) is 0. The van der Waals surface area contributed by atoms with Gasteiger partial charge in [0.15, 0.2) is 0 Å². The highest BCUT2D eigenvalue weighted by Crippen LogP contribution is 2.26. The van der Waals surface area contributed by atoms with Gasteiger partial charge in [-0.3, -0.25) is 0 Å². The molecular weight excluding hydrogens is 166 g/mol. The van der Waals surface area contributed by atoms with E-state index in [0.29, 0.717) is 5.89 Å². The molecule has 0 radical (unpaired) electrons. The number of nitrogen functional groups attached to an aromatic ring is 1. The molecule has 1 aliphatic rings. The van der Waals surface area contributed by atoms with Crippen LogP contribution in [0.5, 0.6) is 0 Å². The molecule has 0 saturated heterocycles. The summed E-state index contributed by atoms with van der Waals surface area (Å²) < 4.78 is 4.98. The first kappa shape index (κ1) is 8.53. The van der Waals surface area contributed by atoms with Gasteiger partial charge in [0.2, 0.25) is 5.89 Å². The van der Waals surface area contributed by atoms with E-state index in [9.17, 15) is 0 Å². The first-order chi connectivity index (χ1) is 6.34. The maximum absolute atomic E-state index is 5.37. The number of hydrogen-bond acceptors (Lipinski definition) is 4. The Balaban J connectivity index is 1.89. The fraction of sp³-hybridized carbons (Fsp3) is 0.778. The molecular formula is C9H15N3O. The van der Waals surface area contributed by atoms with Gasteiger partial charge < -0.3 is 10.3 Å². The van der Waals surface area contributed by atoms with Gasteiger partial charge in [-0.2, -0.15) is 4.98 Å². The van der Waals surface area contributed by atoms with Gasteiger partial charge in [-0.05, 0) is 23.9 Å². The van der Waals surface area contributed by atoms with Crippen LogP contribution in [-0.2, 0) is 6.42 Å². The fourth-order valence-electron chi connectivity index (χ4n) is 1.99. The summed E-state index contributed by atoms with van der Waals surface area (Å²) in [6.07, 6.45) is 7.56. The largest absolute Gasteiger partial charge is 0.365 e. The minimum atomic E-state index is 0.255. The van der Waals surface area contributed by atoms with Gasteiger partial charge in [0, 0.05) is 6.42 Å². The van der Waals surface area contributed by atoms with Crippen LogP contribution in [0.2, 0.25) is 0 Å².